The second-order valence-electron chi connectivity index (χ2n) is 5.21. The van der Waals surface area contributed by atoms with E-state index < -0.39 is 0 Å². The molecule has 0 aliphatic heterocycles. The number of hydrogen-bond acceptors (Lipinski definition) is 2. The van der Waals surface area contributed by atoms with Crippen LogP contribution >= 0.6 is 11.3 Å². The average molecular weight is 283 g/mol. The van der Waals surface area contributed by atoms with Crippen LogP contribution in [0.25, 0.3) is 10.9 Å². The van der Waals surface area contributed by atoms with Gasteiger partial charge in [-0.05, 0) is 38.5 Å². The van der Waals surface area contributed by atoms with Gasteiger partial charge >= 0.3 is 0 Å². The number of carbonyl (C=O) groups is 1. The molecule has 0 atom stereocenters. The van der Waals surface area contributed by atoms with E-state index >= 15 is 0 Å². The molecule has 0 unspecified atom stereocenters. The lowest BCUT2D eigenvalue weighted by molar-refractivity contribution is 0.0973. The van der Waals surface area contributed by atoms with Gasteiger partial charge in [0, 0.05) is 32.4 Å². The number of carbonyl (C=O) groups excluding carboxylic acids is 1. The fraction of sp³-hybridized carbons (Fsp3) is 0.235. The van der Waals surface area contributed by atoms with E-state index in [9.17, 15) is 4.79 Å². The maximum Gasteiger partial charge on any atom is 0.183 e. The zero-order valence-electron chi connectivity index (χ0n) is 11.9. The van der Waals surface area contributed by atoms with Crippen molar-refractivity contribution in [1.29, 1.82) is 0 Å². The summed E-state index contributed by atoms with van der Waals surface area (Å²) in [5, 5.41) is 1.22. The molecule has 0 saturated heterocycles. The van der Waals surface area contributed by atoms with Crippen LogP contribution in [0.1, 0.15) is 25.7 Å². The highest BCUT2D eigenvalue weighted by Crippen LogP contribution is 2.24. The third kappa shape index (κ3) is 2.18. The molecule has 0 amide bonds. The molecule has 0 saturated carbocycles. The van der Waals surface area contributed by atoms with Gasteiger partial charge in [0.05, 0.1) is 6.54 Å². The van der Waals surface area contributed by atoms with Gasteiger partial charge in [0.25, 0.3) is 0 Å². The molecule has 0 bridgehead atoms. The van der Waals surface area contributed by atoms with Gasteiger partial charge in [-0.15, -0.1) is 11.3 Å². The third-order valence-electron chi connectivity index (χ3n) is 3.64. The quantitative estimate of drug-likeness (QED) is 0.648. The van der Waals surface area contributed by atoms with Crippen molar-refractivity contribution in [3.63, 3.8) is 0 Å². The van der Waals surface area contributed by atoms with Crippen LogP contribution in [0, 0.1) is 20.8 Å². The zero-order chi connectivity index (χ0) is 14.3. The Morgan fingerprint density at radius 3 is 2.65 bits per heavy atom. The molecular weight excluding hydrogens is 266 g/mol. The Balaban J connectivity index is 1.97. The monoisotopic (exact) mass is 283 g/mol. The van der Waals surface area contributed by atoms with E-state index in [2.05, 4.69) is 29.8 Å². The Labute approximate surface area is 122 Å². The van der Waals surface area contributed by atoms with Crippen LogP contribution in [-0.2, 0) is 6.54 Å². The number of aromatic nitrogens is 1. The van der Waals surface area contributed by atoms with E-state index in [4.69, 9.17) is 0 Å². The summed E-state index contributed by atoms with van der Waals surface area (Å²) < 4.78 is 2.06. The lowest BCUT2D eigenvalue weighted by atomic mass is 10.1. The van der Waals surface area contributed by atoms with Gasteiger partial charge in [-0.25, -0.2) is 0 Å². The highest BCUT2D eigenvalue weighted by Gasteiger charge is 2.14. The predicted octanol–water partition coefficient (Wildman–Crippen LogP) is 4.51. The standard InChI is InChI=1S/C17H17NOS/c1-11-9-18(16-7-5-4-6-14(11)16)10-17(19)15-8-12(2)20-13(15)3/h4-9H,10H2,1-3H3. The molecule has 20 heavy (non-hydrogen) atoms. The normalized spacial score (nSPS) is 11.2. The number of aryl methyl sites for hydroxylation is 3. The third-order valence-corrected chi connectivity index (χ3v) is 4.61. The van der Waals surface area contributed by atoms with Crippen molar-refractivity contribution in [3.05, 3.63) is 57.4 Å². The van der Waals surface area contributed by atoms with E-state index in [1.807, 2.05) is 32.0 Å². The van der Waals surface area contributed by atoms with Crippen LogP contribution in [0.3, 0.4) is 0 Å². The first-order valence-electron chi connectivity index (χ1n) is 6.71. The Morgan fingerprint density at radius 1 is 1.20 bits per heavy atom. The highest BCUT2D eigenvalue weighted by molar-refractivity contribution is 7.12. The van der Waals surface area contributed by atoms with Gasteiger partial charge in [0.1, 0.15) is 0 Å². The number of hydrogen-bond donors (Lipinski definition) is 0. The molecular formula is C17H17NOS. The summed E-state index contributed by atoms with van der Waals surface area (Å²) in [6, 6.07) is 10.2. The maximum absolute atomic E-state index is 12.5. The summed E-state index contributed by atoms with van der Waals surface area (Å²) in [6.07, 6.45) is 2.07. The summed E-state index contributed by atoms with van der Waals surface area (Å²) in [5.74, 6) is 0.188. The molecule has 2 heterocycles. The fourth-order valence-electron chi connectivity index (χ4n) is 2.71. The number of Topliss-reactive ketones (excluding diaryl/α,β-unsaturated/α-hetero) is 1. The van der Waals surface area contributed by atoms with Crippen molar-refractivity contribution >= 4 is 28.0 Å². The smallest absolute Gasteiger partial charge is 0.183 e. The first-order chi connectivity index (χ1) is 9.56. The molecule has 3 heteroatoms. The molecule has 2 nitrogen and oxygen atoms in total. The van der Waals surface area contributed by atoms with Crippen molar-refractivity contribution in [2.24, 2.45) is 0 Å². The van der Waals surface area contributed by atoms with E-state index in [1.165, 1.54) is 15.8 Å². The molecule has 0 aliphatic carbocycles. The van der Waals surface area contributed by atoms with Gasteiger partial charge < -0.3 is 4.57 Å². The number of rotatable bonds is 3. The molecule has 0 fully saturated rings. The van der Waals surface area contributed by atoms with Crippen molar-refractivity contribution in [2.75, 3.05) is 0 Å². The second kappa shape index (κ2) is 4.91. The topological polar surface area (TPSA) is 22.0 Å². The van der Waals surface area contributed by atoms with Crippen molar-refractivity contribution in [2.45, 2.75) is 27.3 Å². The summed E-state index contributed by atoms with van der Waals surface area (Å²) >= 11 is 1.69. The second-order valence-corrected chi connectivity index (χ2v) is 6.67. The van der Waals surface area contributed by atoms with Gasteiger partial charge in [-0.3, -0.25) is 4.79 Å². The minimum absolute atomic E-state index is 0.188. The molecule has 3 rings (SSSR count). The molecule has 102 valence electrons. The van der Waals surface area contributed by atoms with E-state index in [1.54, 1.807) is 11.3 Å². The van der Waals surface area contributed by atoms with Gasteiger partial charge in [0.15, 0.2) is 5.78 Å². The van der Waals surface area contributed by atoms with Crippen molar-refractivity contribution in [1.82, 2.24) is 4.57 Å². The van der Waals surface area contributed by atoms with Crippen LogP contribution in [0.4, 0.5) is 0 Å². The molecule has 2 aromatic heterocycles. The summed E-state index contributed by atoms with van der Waals surface area (Å²) in [4.78, 5) is 14.8. The lowest BCUT2D eigenvalue weighted by Crippen LogP contribution is -2.09. The van der Waals surface area contributed by atoms with Crippen molar-refractivity contribution < 1.29 is 4.79 Å². The molecule has 0 aliphatic rings. The van der Waals surface area contributed by atoms with Crippen LogP contribution in [0.2, 0.25) is 0 Å². The van der Waals surface area contributed by atoms with Crippen molar-refractivity contribution in [3.8, 4) is 0 Å². The molecule has 0 radical (unpaired) electrons. The van der Waals surface area contributed by atoms with Gasteiger partial charge in [-0.1, -0.05) is 18.2 Å². The summed E-state index contributed by atoms with van der Waals surface area (Å²) in [5.41, 5.74) is 3.21. The Hall–Kier alpha value is -1.87. The van der Waals surface area contributed by atoms with E-state index in [-0.39, 0.29) is 5.78 Å². The van der Waals surface area contributed by atoms with Crippen LogP contribution in [0.15, 0.2) is 36.5 Å². The minimum atomic E-state index is 0.188. The van der Waals surface area contributed by atoms with Gasteiger partial charge in [0.2, 0.25) is 0 Å². The maximum atomic E-state index is 12.5. The predicted molar refractivity (Wildman–Crippen MR) is 84.8 cm³/mol. The van der Waals surface area contributed by atoms with Gasteiger partial charge in [-0.2, -0.15) is 0 Å². The van der Waals surface area contributed by atoms with E-state index in [0.717, 1.165) is 16.0 Å². The molecule has 0 N–H and O–H groups in total. The number of thiophene rings is 1. The molecule has 0 spiro atoms. The largest absolute Gasteiger partial charge is 0.339 e. The first kappa shape index (κ1) is 13.1. The Bertz CT molecular complexity index is 795. The number of fused-ring (bicyclic) bond motifs is 1. The fourth-order valence-corrected chi connectivity index (χ4v) is 3.65. The lowest BCUT2D eigenvalue weighted by Gasteiger charge is -2.04. The first-order valence-corrected chi connectivity index (χ1v) is 7.52. The highest BCUT2D eigenvalue weighted by atomic mass is 32.1. The minimum Gasteiger partial charge on any atom is -0.339 e. The molecule has 3 aromatic rings. The number of nitrogens with zero attached hydrogens (tertiary/aromatic N) is 1. The van der Waals surface area contributed by atoms with E-state index in [0.29, 0.717) is 6.54 Å². The van der Waals surface area contributed by atoms with Crippen LogP contribution < -0.4 is 0 Å². The Morgan fingerprint density at radius 2 is 1.95 bits per heavy atom. The molecule has 1 aromatic carbocycles. The number of ketones is 1. The Kier molecular flexibility index (Phi) is 3.22. The zero-order valence-corrected chi connectivity index (χ0v) is 12.8. The van der Waals surface area contributed by atoms with Crippen LogP contribution in [0.5, 0.6) is 0 Å². The summed E-state index contributed by atoms with van der Waals surface area (Å²) in [6.45, 7) is 6.56. The number of para-hydroxylation sites is 1. The number of benzene rings is 1. The summed E-state index contributed by atoms with van der Waals surface area (Å²) in [7, 11) is 0. The SMILES string of the molecule is Cc1cc(C(=O)Cn2cc(C)c3ccccc32)c(C)s1. The average Bonchev–Trinajstić information content (AvgIpc) is 2.91. The van der Waals surface area contributed by atoms with Crippen LogP contribution in [-0.4, -0.2) is 10.4 Å².